The number of likely N-dealkylation sites (tertiary alicyclic amines) is 1. The SMILES string of the molecule is CN=C(NCc1ccnc(N2CCCCC2)c1)N1CC(C)C(C(=O)OC)C1.I. The standard InChI is InChI=1S/C20H31N5O2.HI/c1-15-13-25(14-17(15)19(26)27-3)20(21-2)23-12-16-7-8-22-18(11-16)24-9-5-4-6-10-24;/h7-8,11,15,17H,4-6,9-10,12-14H2,1-3H3,(H,21,23);1H. The number of esters is 1. The van der Waals surface area contributed by atoms with Crippen LogP contribution in [0.25, 0.3) is 0 Å². The number of guanidine groups is 1. The number of rotatable bonds is 4. The van der Waals surface area contributed by atoms with Crippen LogP contribution in [0.15, 0.2) is 23.3 Å². The number of aliphatic imine (C=N–C) groups is 1. The highest BCUT2D eigenvalue weighted by atomic mass is 127. The van der Waals surface area contributed by atoms with E-state index in [4.69, 9.17) is 4.74 Å². The number of methoxy groups -OCH3 is 1. The van der Waals surface area contributed by atoms with Gasteiger partial charge in [0.1, 0.15) is 5.82 Å². The number of carbonyl (C=O) groups is 1. The second-order valence-electron chi connectivity index (χ2n) is 7.48. The topological polar surface area (TPSA) is 70.1 Å². The van der Waals surface area contributed by atoms with Crippen LogP contribution in [0.4, 0.5) is 5.82 Å². The van der Waals surface area contributed by atoms with Crippen molar-refractivity contribution < 1.29 is 9.53 Å². The molecule has 0 aliphatic carbocycles. The summed E-state index contributed by atoms with van der Waals surface area (Å²) in [7, 11) is 3.23. The number of hydrogen-bond acceptors (Lipinski definition) is 5. The average molecular weight is 501 g/mol. The Labute approximate surface area is 184 Å². The second-order valence-corrected chi connectivity index (χ2v) is 7.48. The van der Waals surface area contributed by atoms with E-state index in [0.717, 1.165) is 31.4 Å². The van der Waals surface area contributed by atoms with E-state index < -0.39 is 0 Å². The molecule has 2 aliphatic rings. The van der Waals surface area contributed by atoms with Gasteiger partial charge < -0.3 is 19.9 Å². The highest BCUT2D eigenvalue weighted by Crippen LogP contribution is 2.24. The molecule has 3 rings (SSSR count). The Kier molecular flexibility index (Phi) is 8.78. The Morgan fingerprint density at radius 2 is 2.07 bits per heavy atom. The number of aromatic nitrogens is 1. The molecule has 0 radical (unpaired) electrons. The van der Waals surface area contributed by atoms with Gasteiger partial charge in [-0.1, -0.05) is 6.92 Å². The van der Waals surface area contributed by atoms with Crippen molar-refractivity contribution in [3.8, 4) is 0 Å². The summed E-state index contributed by atoms with van der Waals surface area (Å²) >= 11 is 0. The fourth-order valence-corrected chi connectivity index (χ4v) is 3.98. The molecule has 1 aromatic heterocycles. The summed E-state index contributed by atoms with van der Waals surface area (Å²) in [5.41, 5.74) is 1.18. The Hall–Kier alpha value is -1.58. The molecule has 1 N–H and O–H groups in total. The summed E-state index contributed by atoms with van der Waals surface area (Å²) in [6, 6.07) is 4.20. The summed E-state index contributed by atoms with van der Waals surface area (Å²) in [5, 5.41) is 3.43. The van der Waals surface area contributed by atoms with E-state index >= 15 is 0 Å². The van der Waals surface area contributed by atoms with E-state index in [1.165, 1.54) is 31.9 Å². The Morgan fingerprint density at radius 3 is 2.75 bits per heavy atom. The lowest BCUT2D eigenvalue weighted by Gasteiger charge is -2.28. The minimum Gasteiger partial charge on any atom is -0.469 e. The summed E-state index contributed by atoms with van der Waals surface area (Å²) < 4.78 is 4.93. The van der Waals surface area contributed by atoms with Crippen molar-refractivity contribution in [1.29, 1.82) is 0 Å². The maximum Gasteiger partial charge on any atom is 0.310 e. The van der Waals surface area contributed by atoms with E-state index in [1.54, 1.807) is 7.05 Å². The number of halogens is 1. The quantitative estimate of drug-likeness (QED) is 0.296. The minimum absolute atomic E-state index is 0. The number of piperidine rings is 1. The molecule has 2 fully saturated rings. The maximum atomic E-state index is 11.9. The molecule has 7 nitrogen and oxygen atoms in total. The van der Waals surface area contributed by atoms with Crippen LogP contribution in [0.1, 0.15) is 31.7 Å². The zero-order valence-corrected chi connectivity index (χ0v) is 19.4. The fourth-order valence-electron chi connectivity index (χ4n) is 3.98. The average Bonchev–Trinajstić information content (AvgIpc) is 3.10. The monoisotopic (exact) mass is 501 g/mol. The van der Waals surface area contributed by atoms with Crippen LogP contribution in [0.5, 0.6) is 0 Å². The van der Waals surface area contributed by atoms with Crippen molar-refractivity contribution in [3.05, 3.63) is 23.9 Å². The van der Waals surface area contributed by atoms with Crippen molar-refractivity contribution in [2.24, 2.45) is 16.8 Å². The molecule has 0 spiro atoms. The lowest BCUT2D eigenvalue weighted by atomic mass is 9.99. The molecule has 1 aromatic rings. The van der Waals surface area contributed by atoms with Crippen molar-refractivity contribution in [2.75, 3.05) is 45.2 Å². The summed E-state index contributed by atoms with van der Waals surface area (Å²) in [4.78, 5) is 25.4. The van der Waals surface area contributed by atoms with Crippen LogP contribution in [0.2, 0.25) is 0 Å². The zero-order chi connectivity index (χ0) is 19.2. The Morgan fingerprint density at radius 1 is 1.32 bits per heavy atom. The van der Waals surface area contributed by atoms with Crippen molar-refractivity contribution in [2.45, 2.75) is 32.7 Å². The first-order valence-corrected chi connectivity index (χ1v) is 9.85. The van der Waals surface area contributed by atoms with Gasteiger partial charge in [-0.2, -0.15) is 0 Å². The summed E-state index contributed by atoms with van der Waals surface area (Å²) in [5.74, 6) is 1.90. The molecule has 2 saturated heterocycles. The number of nitrogens with zero attached hydrogens (tertiary/aromatic N) is 4. The first-order chi connectivity index (χ1) is 13.1. The molecule has 8 heteroatoms. The van der Waals surface area contributed by atoms with Gasteiger partial charge in [-0.05, 0) is 42.9 Å². The van der Waals surface area contributed by atoms with Gasteiger partial charge >= 0.3 is 5.97 Å². The maximum absolute atomic E-state index is 11.9. The van der Waals surface area contributed by atoms with Gasteiger partial charge in [0.15, 0.2) is 5.96 Å². The van der Waals surface area contributed by atoms with Gasteiger partial charge in [-0.3, -0.25) is 9.79 Å². The number of ether oxygens (including phenoxy) is 1. The number of nitrogens with one attached hydrogen (secondary N) is 1. The van der Waals surface area contributed by atoms with E-state index in [9.17, 15) is 4.79 Å². The summed E-state index contributed by atoms with van der Waals surface area (Å²) in [6.07, 6.45) is 5.68. The van der Waals surface area contributed by atoms with Gasteiger partial charge in [-0.25, -0.2) is 4.98 Å². The third-order valence-corrected chi connectivity index (χ3v) is 5.57. The highest BCUT2D eigenvalue weighted by molar-refractivity contribution is 14.0. The molecule has 3 heterocycles. The predicted molar refractivity (Wildman–Crippen MR) is 122 cm³/mol. The number of hydrogen-bond donors (Lipinski definition) is 1. The molecule has 28 heavy (non-hydrogen) atoms. The van der Waals surface area contributed by atoms with E-state index in [2.05, 4.69) is 38.1 Å². The van der Waals surface area contributed by atoms with Crippen LogP contribution < -0.4 is 10.2 Å². The van der Waals surface area contributed by atoms with Crippen LogP contribution in [-0.2, 0) is 16.1 Å². The molecular weight excluding hydrogens is 469 g/mol. The highest BCUT2D eigenvalue weighted by Gasteiger charge is 2.36. The molecule has 0 aromatic carbocycles. The van der Waals surface area contributed by atoms with Crippen molar-refractivity contribution in [1.82, 2.24) is 15.2 Å². The van der Waals surface area contributed by atoms with Gasteiger partial charge in [0.05, 0.1) is 13.0 Å². The lowest BCUT2D eigenvalue weighted by Crippen LogP contribution is -2.40. The molecule has 156 valence electrons. The second kappa shape index (κ2) is 10.8. The van der Waals surface area contributed by atoms with Crippen LogP contribution >= 0.6 is 24.0 Å². The van der Waals surface area contributed by atoms with Crippen LogP contribution in [0.3, 0.4) is 0 Å². The molecule has 2 atom stereocenters. The van der Waals surface area contributed by atoms with Crippen molar-refractivity contribution in [3.63, 3.8) is 0 Å². The number of anilines is 1. The van der Waals surface area contributed by atoms with Gasteiger partial charge in [0.2, 0.25) is 0 Å². The first kappa shape index (κ1) is 22.7. The third-order valence-electron chi connectivity index (χ3n) is 5.57. The Balaban J connectivity index is 0.00000280. The molecule has 0 amide bonds. The van der Waals surface area contributed by atoms with E-state index in [0.29, 0.717) is 13.1 Å². The number of pyridine rings is 1. The Bertz CT molecular complexity index is 678. The van der Waals surface area contributed by atoms with Gasteiger partial charge in [-0.15, -0.1) is 24.0 Å². The van der Waals surface area contributed by atoms with Gasteiger partial charge in [0, 0.05) is 46.0 Å². The summed E-state index contributed by atoms with van der Waals surface area (Å²) in [6.45, 7) is 6.39. The first-order valence-electron chi connectivity index (χ1n) is 9.85. The zero-order valence-electron chi connectivity index (χ0n) is 17.1. The van der Waals surface area contributed by atoms with Crippen LogP contribution in [-0.4, -0.2) is 62.1 Å². The predicted octanol–water partition coefficient (Wildman–Crippen LogP) is 2.51. The molecule has 2 aliphatic heterocycles. The lowest BCUT2D eigenvalue weighted by molar-refractivity contribution is -0.145. The van der Waals surface area contributed by atoms with Gasteiger partial charge in [0.25, 0.3) is 0 Å². The number of carbonyl (C=O) groups excluding carboxylic acids is 1. The largest absolute Gasteiger partial charge is 0.469 e. The third kappa shape index (κ3) is 5.48. The smallest absolute Gasteiger partial charge is 0.310 e. The molecule has 2 unspecified atom stereocenters. The minimum atomic E-state index is -0.138. The van der Waals surface area contributed by atoms with Crippen molar-refractivity contribution >= 4 is 41.7 Å². The molecule has 0 bridgehead atoms. The molecular formula is C20H32IN5O2. The van der Waals surface area contributed by atoms with E-state index in [1.807, 2.05) is 12.3 Å². The fraction of sp³-hybridized carbons (Fsp3) is 0.650. The molecule has 0 saturated carbocycles. The van der Waals surface area contributed by atoms with E-state index in [-0.39, 0.29) is 41.8 Å². The normalized spacial score (nSPS) is 22.6. The van der Waals surface area contributed by atoms with Crippen LogP contribution in [0, 0.1) is 11.8 Å².